The summed E-state index contributed by atoms with van der Waals surface area (Å²) in [7, 11) is 0. The minimum atomic E-state index is -4.62. The van der Waals surface area contributed by atoms with Gasteiger partial charge in [-0.05, 0) is 39.8 Å². The Kier molecular flexibility index (Phi) is 4.68. The minimum absolute atomic E-state index is 0.0715. The fourth-order valence-electron chi connectivity index (χ4n) is 1.93. The predicted molar refractivity (Wildman–Crippen MR) is 84.8 cm³/mol. The Labute approximate surface area is 137 Å². The van der Waals surface area contributed by atoms with E-state index in [0.717, 1.165) is 6.07 Å². The molecule has 0 saturated carbocycles. The summed E-state index contributed by atoms with van der Waals surface area (Å²) in [5.41, 5.74) is -0.977. The zero-order valence-electron chi connectivity index (χ0n) is 13.7. The third kappa shape index (κ3) is 4.56. The molecule has 0 unspecified atom stereocenters. The minimum Gasteiger partial charge on any atom is -0.350 e. The molecule has 0 amide bonds. The molecule has 0 aliphatic carbocycles. The molecule has 2 N–H and O–H groups in total. The standard InChI is InChI=1S/C16H18F4N4/c1-9-10(17)6-5-7-11(9)21-13-8-12(16(18,19)20)22-14(23-13)24-15(2,3)4/h5-8H,1-4H3,(H2,21,22,23,24). The first-order valence-electron chi connectivity index (χ1n) is 7.22. The van der Waals surface area contributed by atoms with Crippen LogP contribution in [0.15, 0.2) is 24.3 Å². The van der Waals surface area contributed by atoms with E-state index in [1.54, 1.807) is 26.8 Å². The Morgan fingerprint density at radius 2 is 1.71 bits per heavy atom. The van der Waals surface area contributed by atoms with Crippen LogP contribution in [-0.4, -0.2) is 15.5 Å². The summed E-state index contributed by atoms with van der Waals surface area (Å²) in [4.78, 5) is 7.55. The largest absolute Gasteiger partial charge is 0.433 e. The maximum Gasteiger partial charge on any atom is 0.433 e. The predicted octanol–water partition coefficient (Wildman–Crippen LogP) is 4.90. The monoisotopic (exact) mass is 342 g/mol. The van der Waals surface area contributed by atoms with Crippen molar-refractivity contribution in [1.29, 1.82) is 0 Å². The number of anilines is 3. The van der Waals surface area contributed by atoms with Crippen LogP contribution in [-0.2, 0) is 6.18 Å². The van der Waals surface area contributed by atoms with Gasteiger partial charge in [0.25, 0.3) is 0 Å². The van der Waals surface area contributed by atoms with Crippen LogP contribution in [0.25, 0.3) is 0 Å². The first-order chi connectivity index (χ1) is 11.0. The topological polar surface area (TPSA) is 49.8 Å². The zero-order valence-corrected chi connectivity index (χ0v) is 13.7. The van der Waals surface area contributed by atoms with E-state index in [2.05, 4.69) is 20.6 Å². The molecule has 4 nitrogen and oxygen atoms in total. The lowest BCUT2D eigenvalue weighted by Gasteiger charge is -2.22. The van der Waals surface area contributed by atoms with Crippen molar-refractivity contribution < 1.29 is 17.6 Å². The number of hydrogen-bond donors (Lipinski definition) is 2. The molecule has 2 aromatic rings. The van der Waals surface area contributed by atoms with Gasteiger partial charge in [0.2, 0.25) is 5.95 Å². The summed E-state index contributed by atoms with van der Waals surface area (Å²) in [5, 5.41) is 5.53. The van der Waals surface area contributed by atoms with Crippen LogP contribution in [0.3, 0.4) is 0 Å². The summed E-state index contributed by atoms with van der Waals surface area (Å²) < 4.78 is 52.8. The highest BCUT2D eigenvalue weighted by atomic mass is 19.4. The number of benzene rings is 1. The molecule has 0 atom stereocenters. The molecule has 0 spiro atoms. The van der Waals surface area contributed by atoms with Crippen molar-refractivity contribution in [1.82, 2.24) is 9.97 Å². The molecule has 8 heteroatoms. The van der Waals surface area contributed by atoms with Crippen molar-refractivity contribution >= 4 is 17.5 Å². The second kappa shape index (κ2) is 6.26. The Balaban J connectivity index is 2.45. The molecule has 0 aliphatic heterocycles. The quantitative estimate of drug-likeness (QED) is 0.779. The molecule has 0 bridgehead atoms. The second-order valence-corrected chi connectivity index (χ2v) is 6.37. The molecule has 2 rings (SSSR count). The van der Waals surface area contributed by atoms with E-state index < -0.39 is 23.2 Å². The van der Waals surface area contributed by atoms with E-state index in [1.807, 2.05) is 0 Å². The van der Waals surface area contributed by atoms with Crippen molar-refractivity contribution in [3.63, 3.8) is 0 Å². The van der Waals surface area contributed by atoms with Crippen molar-refractivity contribution in [3.8, 4) is 0 Å². The number of nitrogens with zero attached hydrogens (tertiary/aromatic N) is 2. The van der Waals surface area contributed by atoms with Gasteiger partial charge in [0.05, 0.1) is 0 Å². The van der Waals surface area contributed by atoms with Gasteiger partial charge in [-0.25, -0.2) is 9.37 Å². The molecule has 1 heterocycles. The van der Waals surface area contributed by atoms with E-state index in [9.17, 15) is 17.6 Å². The van der Waals surface area contributed by atoms with Crippen molar-refractivity contribution in [3.05, 3.63) is 41.3 Å². The summed E-state index contributed by atoms with van der Waals surface area (Å²) in [6.45, 7) is 6.86. The Morgan fingerprint density at radius 3 is 2.29 bits per heavy atom. The maximum absolute atomic E-state index is 13.6. The highest BCUT2D eigenvalue weighted by Crippen LogP contribution is 2.31. The summed E-state index contributed by atoms with van der Waals surface area (Å²) in [5.74, 6) is -0.690. The van der Waals surface area contributed by atoms with E-state index >= 15 is 0 Å². The van der Waals surface area contributed by atoms with Crippen LogP contribution in [0.1, 0.15) is 32.0 Å². The average Bonchev–Trinajstić information content (AvgIpc) is 2.41. The van der Waals surface area contributed by atoms with Crippen molar-refractivity contribution in [2.45, 2.75) is 39.4 Å². The van der Waals surface area contributed by atoms with Crippen LogP contribution in [0, 0.1) is 12.7 Å². The molecular formula is C16H18F4N4. The fraction of sp³-hybridized carbons (Fsp3) is 0.375. The van der Waals surface area contributed by atoms with Crippen LogP contribution in [0.5, 0.6) is 0 Å². The fourth-order valence-corrected chi connectivity index (χ4v) is 1.93. The smallest absolute Gasteiger partial charge is 0.350 e. The Hall–Kier alpha value is -2.38. The molecule has 0 fully saturated rings. The molecule has 0 aliphatic rings. The number of rotatable bonds is 3. The number of nitrogens with one attached hydrogen (secondary N) is 2. The Bertz CT molecular complexity index is 736. The first-order valence-corrected chi connectivity index (χ1v) is 7.22. The summed E-state index contributed by atoms with van der Waals surface area (Å²) >= 11 is 0. The molecule has 1 aromatic carbocycles. The van der Waals surface area contributed by atoms with Gasteiger partial charge in [-0.3, -0.25) is 0 Å². The number of halogens is 4. The van der Waals surface area contributed by atoms with E-state index in [4.69, 9.17) is 0 Å². The van der Waals surface area contributed by atoms with Gasteiger partial charge in [-0.1, -0.05) is 6.07 Å². The first kappa shape index (κ1) is 18.0. The third-order valence-electron chi connectivity index (χ3n) is 3.03. The number of alkyl halides is 3. The van der Waals surface area contributed by atoms with Crippen LogP contribution in [0.4, 0.5) is 35.0 Å². The highest BCUT2D eigenvalue weighted by molar-refractivity contribution is 5.61. The summed E-state index contributed by atoms with van der Waals surface area (Å²) in [6, 6.07) is 5.09. The van der Waals surface area contributed by atoms with E-state index in [-0.39, 0.29) is 17.3 Å². The molecule has 0 saturated heterocycles. The SMILES string of the molecule is Cc1c(F)cccc1Nc1cc(C(F)(F)F)nc(NC(C)(C)C)n1. The van der Waals surface area contributed by atoms with Gasteiger partial charge >= 0.3 is 6.18 Å². The van der Waals surface area contributed by atoms with Gasteiger partial charge in [0.1, 0.15) is 11.6 Å². The normalized spacial score (nSPS) is 12.2. The van der Waals surface area contributed by atoms with Crippen molar-refractivity contribution in [2.75, 3.05) is 10.6 Å². The maximum atomic E-state index is 13.6. The van der Waals surface area contributed by atoms with Gasteiger partial charge < -0.3 is 10.6 Å². The van der Waals surface area contributed by atoms with Crippen molar-refractivity contribution in [2.24, 2.45) is 0 Å². The van der Waals surface area contributed by atoms with Gasteiger partial charge in [-0.2, -0.15) is 18.2 Å². The van der Waals surface area contributed by atoms with E-state index in [1.165, 1.54) is 19.1 Å². The van der Waals surface area contributed by atoms with Gasteiger partial charge in [-0.15, -0.1) is 0 Å². The number of aromatic nitrogens is 2. The lowest BCUT2D eigenvalue weighted by atomic mass is 10.1. The molecule has 130 valence electrons. The second-order valence-electron chi connectivity index (χ2n) is 6.37. The zero-order chi connectivity index (χ0) is 18.1. The number of hydrogen-bond acceptors (Lipinski definition) is 4. The van der Waals surface area contributed by atoms with Crippen LogP contribution < -0.4 is 10.6 Å². The lowest BCUT2D eigenvalue weighted by molar-refractivity contribution is -0.141. The summed E-state index contributed by atoms with van der Waals surface area (Å²) in [6.07, 6.45) is -4.62. The van der Waals surface area contributed by atoms with Crippen LogP contribution >= 0.6 is 0 Å². The third-order valence-corrected chi connectivity index (χ3v) is 3.03. The highest BCUT2D eigenvalue weighted by Gasteiger charge is 2.34. The average molecular weight is 342 g/mol. The molecular weight excluding hydrogens is 324 g/mol. The molecule has 1 aromatic heterocycles. The van der Waals surface area contributed by atoms with Crippen LogP contribution in [0.2, 0.25) is 0 Å². The van der Waals surface area contributed by atoms with Gasteiger partial charge in [0, 0.05) is 22.9 Å². The molecule has 0 radical (unpaired) electrons. The van der Waals surface area contributed by atoms with E-state index in [0.29, 0.717) is 5.69 Å². The Morgan fingerprint density at radius 1 is 1.04 bits per heavy atom. The molecule has 24 heavy (non-hydrogen) atoms. The van der Waals surface area contributed by atoms with Gasteiger partial charge in [0.15, 0.2) is 5.69 Å². The lowest BCUT2D eigenvalue weighted by Crippen LogP contribution is -2.28.